The lowest BCUT2D eigenvalue weighted by molar-refractivity contribution is -0.133. The number of piperidine rings is 2. The van der Waals surface area contributed by atoms with Gasteiger partial charge in [-0.1, -0.05) is 5.16 Å². The topological polar surface area (TPSA) is 75.4 Å². The lowest BCUT2D eigenvalue weighted by Gasteiger charge is -2.35. The molecule has 0 saturated carbocycles. The van der Waals surface area contributed by atoms with Crippen LogP contribution in [0.1, 0.15) is 55.2 Å². The van der Waals surface area contributed by atoms with E-state index < -0.39 is 0 Å². The molecule has 2 aliphatic rings. The third-order valence-electron chi connectivity index (χ3n) is 5.79. The minimum Gasteiger partial charge on any atom is -0.356 e. The highest BCUT2D eigenvalue weighted by Crippen LogP contribution is 2.33. The second-order valence-corrected chi connectivity index (χ2v) is 8.06. The standard InChI is InChI=1S/C21H29N5O2/c1-15-11-19(28-24-15)18-12-22-16(2)23-21(18)17-7-6-8-25(13-17)14-20(27)26-9-4-3-5-10-26/h11-12,17H,3-10,13-14H2,1-2H3. The van der Waals surface area contributed by atoms with E-state index in [0.29, 0.717) is 12.3 Å². The van der Waals surface area contributed by atoms with Crippen LogP contribution in [0.25, 0.3) is 11.3 Å². The number of amides is 1. The molecule has 4 heterocycles. The molecular formula is C21H29N5O2. The van der Waals surface area contributed by atoms with Crippen molar-refractivity contribution in [3.05, 3.63) is 29.5 Å². The maximum Gasteiger partial charge on any atom is 0.236 e. The molecule has 0 N–H and O–H groups in total. The van der Waals surface area contributed by atoms with Crippen LogP contribution in [0.5, 0.6) is 0 Å². The predicted molar refractivity (Wildman–Crippen MR) is 106 cm³/mol. The molecule has 1 unspecified atom stereocenters. The van der Waals surface area contributed by atoms with Gasteiger partial charge in [0.1, 0.15) is 5.82 Å². The minimum absolute atomic E-state index is 0.269. The van der Waals surface area contributed by atoms with E-state index in [2.05, 4.69) is 15.0 Å². The largest absolute Gasteiger partial charge is 0.356 e. The number of aromatic nitrogens is 3. The average molecular weight is 383 g/mol. The van der Waals surface area contributed by atoms with E-state index in [-0.39, 0.29) is 11.8 Å². The first-order valence-electron chi connectivity index (χ1n) is 10.4. The average Bonchev–Trinajstić information content (AvgIpc) is 3.15. The fourth-order valence-electron chi connectivity index (χ4n) is 4.34. The van der Waals surface area contributed by atoms with Crippen molar-refractivity contribution in [2.45, 2.75) is 51.9 Å². The summed E-state index contributed by atoms with van der Waals surface area (Å²) in [5.41, 5.74) is 2.78. The molecular weight excluding hydrogens is 354 g/mol. The van der Waals surface area contributed by atoms with E-state index in [1.807, 2.05) is 31.0 Å². The highest BCUT2D eigenvalue weighted by Gasteiger charge is 2.28. The molecule has 2 aliphatic heterocycles. The molecule has 0 aliphatic carbocycles. The number of carbonyl (C=O) groups excluding carboxylic acids is 1. The van der Waals surface area contributed by atoms with Gasteiger partial charge in [-0.3, -0.25) is 9.69 Å². The molecule has 0 bridgehead atoms. The zero-order chi connectivity index (χ0) is 19.5. The highest BCUT2D eigenvalue weighted by atomic mass is 16.5. The van der Waals surface area contributed by atoms with Gasteiger partial charge in [-0.2, -0.15) is 0 Å². The molecule has 2 aromatic rings. The second kappa shape index (κ2) is 8.39. The van der Waals surface area contributed by atoms with Gasteiger partial charge in [-0.25, -0.2) is 9.97 Å². The molecule has 2 fully saturated rings. The molecule has 150 valence electrons. The van der Waals surface area contributed by atoms with Gasteiger partial charge in [0.2, 0.25) is 5.91 Å². The van der Waals surface area contributed by atoms with Crippen LogP contribution in [0, 0.1) is 13.8 Å². The number of nitrogens with zero attached hydrogens (tertiary/aromatic N) is 5. The molecule has 2 saturated heterocycles. The monoisotopic (exact) mass is 383 g/mol. The summed E-state index contributed by atoms with van der Waals surface area (Å²) in [4.78, 5) is 26.2. The molecule has 4 rings (SSSR count). The van der Waals surface area contributed by atoms with Crippen molar-refractivity contribution in [2.75, 3.05) is 32.7 Å². The Bertz CT molecular complexity index is 828. The first-order valence-corrected chi connectivity index (χ1v) is 10.4. The number of aryl methyl sites for hydroxylation is 2. The molecule has 28 heavy (non-hydrogen) atoms. The van der Waals surface area contributed by atoms with Gasteiger partial charge in [-0.15, -0.1) is 0 Å². The molecule has 7 heteroatoms. The van der Waals surface area contributed by atoms with Crippen molar-refractivity contribution in [1.29, 1.82) is 0 Å². The fourth-order valence-corrected chi connectivity index (χ4v) is 4.34. The van der Waals surface area contributed by atoms with Gasteiger partial charge in [0.15, 0.2) is 5.76 Å². The van der Waals surface area contributed by atoms with Gasteiger partial charge in [0.25, 0.3) is 0 Å². The second-order valence-electron chi connectivity index (χ2n) is 8.06. The van der Waals surface area contributed by atoms with E-state index in [1.54, 1.807) is 0 Å². The van der Waals surface area contributed by atoms with Gasteiger partial charge >= 0.3 is 0 Å². The predicted octanol–water partition coefficient (Wildman–Crippen LogP) is 2.94. The van der Waals surface area contributed by atoms with Crippen LogP contribution in [0.4, 0.5) is 0 Å². The van der Waals surface area contributed by atoms with Crippen molar-refractivity contribution >= 4 is 5.91 Å². The molecule has 0 radical (unpaired) electrons. The zero-order valence-corrected chi connectivity index (χ0v) is 16.9. The molecule has 0 spiro atoms. The number of hydrogen-bond donors (Lipinski definition) is 0. The van der Waals surface area contributed by atoms with Gasteiger partial charge in [0.05, 0.1) is 23.5 Å². The Kier molecular flexibility index (Phi) is 5.71. The SMILES string of the molecule is Cc1cc(-c2cnc(C)nc2C2CCCN(CC(=O)N3CCCCC3)C2)on1. The van der Waals surface area contributed by atoms with Crippen LogP contribution in [0.3, 0.4) is 0 Å². The third kappa shape index (κ3) is 4.24. The zero-order valence-electron chi connectivity index (χ0n) is 16.9. The Morgan fingerprint density at radius 3 is 2.75 bits per heavy atom. The van der Waals surface area contributed by atoms with Crippen LogP contribution in [-0.2, 0) is 4.79 Å². The van der Waals surface area contributed by atoms with Crippen molar-refractivity contribution < 1.29 is 9.32 Å². The van der Waals surface area contributed by atoms with Crippen molar-refractivity contribution in [1.82, 2.24) is 24.9 Å². The number of rotatable bonds is 4. The van der Waals surface area contributed by atoms with Crippen molar-refractivity contribution in [3.8, 4) is 11.3 Å². The Morgan fingerprint density at radius 2 is 2.00 bits per heavy atom. The summed E-state index contributed by atoms with van der Waals surface area (Å²) < 4.78 is 5.49. The van der Waals surface area contributed by atoms with E-state index in [0.717, 1.165) is 74.6 Å². The van der Waals surface area contributed by atoms with Crippen LogP contribution >= 0.6 is 0 Å². The Labute approximate surface area is 166 Å². The van der Waals surface area contributed by atoms with E-state index in [9.17, 15) is 4.79 Å². The molecule has 1 amide bonds. The lowest BCUT2D eigenvalue weighted by atomic mass is 9.91. The van der Waals surface area contributed by atoms with E-state index >= 15 is 0 Å². The Balaban J connectivity index is 1.50. The van der Waals surface area contributed by atoms with Crippen molar-refractivity contribution in [2.24, 2.45) is 0 Å². The summed E-state index contributed by atoms with van der Waals surface area (Å²) in [7, 11) is 0. The van der Waals surface area contributed by atoms with Gasteiger partial charge in [0, 0.05) is 37.8 Å². The first-order chi connectivity index (χ1) is 13.6. The number of carbonyl (C=O) groups is 1. The molecule has 7 nitrogen and oxygen atoms in total. The maximum atomic E-state index is 12.7. The summed E-state index contributed by atoms with van der Waals surface area (Å²) >= 11 is 0. The molecule has 1 atom stereocenters. The highest BCUT2D eigenvalue weighted by molar-refractivity contribution is 5.78. The fraction of sp³-hybridized carbons (Fsp3) is 0.619. The third-order valence-corrected chi connectivity index (χ3v) is 5.79. The quantitative estimate of drug-likeness (QED) is 0.808. The molecule has 2 aromatic heterocycles. The Hall–Kier alpha value is -2.28. The summed E-state index contributed by atoms with van der Waals surface area (Å²) in [5, 5.41) is 4.02. The van der Waals surface area contributed by atoms with Gasteiger partial charge < -0.3 is 9.42 Å². The summed E-state index contributed by atoms with van der Waals surface area (Å²) in [5.74, 6) is 2.01. The van der Waals surface area contributed by atoms with Crippen LogP contribution < -0.4 is 0 Å². The minimum atomic E-state index is 0.269. The van der Waals surface area contributed by atoms with E-state index in [1.165, 1.54) is 6.42 Å². The van der Waals surface area contributed by atoms with Crippen LogP contribution in [0.2, 0.25) is 0 Å². The lowest BCUT2D eigenvalue weighted by Crippen LogP contribution is -2.45. The van der Waals surface area contributed by atoms with E-state index in [4.69, 9.17) is 9.51 Å². The van der Waals surface area contributed by atoms with Crippen LogP contribution in [-0.4, -0.2) is 63.6 Å². The summed E-state index contributed by atoms with van der Waals surface area (Å²) in [6.45, 7) is 7.98. The number of hydrogen-bond acceptors (Lipinski definition) is 6. The first kappa shape index (κ1) is 19.1. The maximum absolute atomic E-state index is 12.7. The van der Waals surface area contributed by atoms with Gasteiger partial charge in [-0.05, 0) is 52.5 Å². The Morgan fingerprint density at radius 1 is 1.18 bits per heavy atom. The smallest absolute Gasteiger partial charge is 0.236 e. The molecule has 0 aromatic carbocycles. The summed E-state index contributed by atoms with van der Waals surface area (Å²) in [6, 6.07) is 1.93. The summed E-state index contributed by atoms with van der Waals surface area (Å²) in [6.07, 6.45) is 7.48. The van der Waals surface area contributed by atoms with Crippen LogP contribution in [0.15, 0.2) is 16.8 Å². The normalized spacial score (nSPS) is 21.1. The van der Waals surface area contributed by atoms with Crippen molar-refractivity contribution in [3.63, 3.8) is 0 Å². The number of likely N-dealkylation sites (tertiary alicyclic amines) is 2.